The maximum atomic E-state index is 11.9. The predicted molar refractivity (Wildman–Crippen MR) is 53.3 cm³/mol. The van der Waals surface area contributed by atoms with E-state index < -0.39 is 30.8 Å². The minimum atomic E-state index is -4.68. The van der Waals surface area contributed by atoms with Crippen LogP contribution in [-0.4, -0.2) is 42.4 Å². The van der Waals surface area contributed by atoms with Gasteiger partial charge in [-0.05, 0) is 19.4 Å². The van der Waals surface area contributed by atoms with E-state index in [0.717, 1.165) is 6.42 Å². The van der Waals surface area contributed by atoms with E-state index in [-0.39, 0.29) is 12.4 Å². The molecule has 0 bridgehead atoms. The molecule has 1 fully saturated rings. The van der Waals surface area contributed by atoms with Crippen LogP contribution in [0.5, 0.6) is 0 Å². The molecule has 4 nitrogen and oxygen atoms in total. The standard InChI is InChI=1S/C8H13F3N2O2.ClH/c9-8(10,11)6(14)4-13-7(15)5-2-1-3-12-5;/h5-6,12,14H,1-4H2,(H,13,15);1H/t5-,6?;/m0./s1. The van der Waals surface area contributed by atoms with Crippen LogP contribution in [0.25, 0.3) is 0 Å². The molecule has 0 aliphatic carbocycles. The lowest BCUT2D eigenvalue weighted by Crippen LogP contribution is -2.46. The van der Waals surface area contributed by atoms with Gasteiger partial charge in [0.25, 0.3) is 0 Å². The SMILES string of the molecule is Cl.O=C(NCC(O)C(F)(F)F)[C@@H]1CCCN1. The summed E-state index contributed by atoms with van der Waals surface area (Å²) in [5.41, 5.74) is 0. The van der Waals surface area contributed by atoms with E-state index in [1.54, 1.807) is 0 Å². The molecule has 0 saturated carbocycles. The first-order valence-electron chi connectivity index (χ1n) is 4.67. The van der Waals surface area contributed by atoms with Gasteiger partial charge in [-0.2, -0.15) is 13.2 Å². The van der Waals surface area contributed by atoms with Crippen LogP contribution in [0.3, 0.4) is 0 Å². The first kappa shape index (κ1) is 15.5. The number of halogens is 4. The Morgan fingerprint density at radius 3 is 2.62 bits per heavy atom. The van der Waals surface area contributed by atoms with Crippen molar-refractivity contribution in [1.82, 2.24) is 10.6 Å². The molecule has 1 aliphatic heterocycles. The quantitative estimate of drug-likeness (QED) is 0.681. The van der Waals surface area contributed by atoms with Gasteiger partial charge in [-0.15, -0.1) is 12.4 Å². The van der Waals surface area contributed by atoms with Crippen LogP contribution in [0.2, 0.25) is 0 Å². The van der Waals surface area contributed by atoms with E-state index in [1.807, 2.05) is 0 Å². The molecule has 0 aromatic heterocycles. The predicted octanol–water partition coefficient (Wildman–Crippen LogP) is 0.200. The number of nitrogens with one attached hydrogen (secondary N) is 2. The Kier molecular flexibility index (Phi) is 6.06. The Balaban J connectivity index is 0.00000225. The third-order valence-electron chi connectivity index (χ3n) is 2.22. The highest BCUT2D eigenvalue weighted by Gasteiger charge is 2.38. The van der Waals surface area contributed by atoms with Crippen molar-refractivity contribution in [3.05, 3.63) is 0 Å². The largest absolute Gasteiger partial charge is 0.416 e. The first-order valence-corrected chi connectivity index (χ1v) is 4.67. The molecule has 1 amide bonds. The van der Waals surface area contributed by atoms with E-state index >= 15 is 0 Å². The third kappa shape index (κ3) is 4.54. The Bertz CT molecular complexity index is 232. The van der Waals surface area contributed by atoms with E-state index in [2.05, 4.69) is 10.6 Å². The van der Waals surface area contributed by atoms with Crippen LogP contribution in [-0.2, 0) is 4.79 Å². The zero-order valence-electron chi connectivity index (χ0n) is 8.38. The fraction of sp³-hybridized carbons (Fsp3) is 0.875. The Hall–Kier alpha value is -0.530. The van der Waals surface area contributed by atoms with Crippen LogP contribution >= 0.6 is 12.4 Å². The van der Waals surface area contributed by atoms with Gasteiger partial charge in [-0.1, -0.05) is 0 Å². The normalized spacial score (nSPS) is 22.4. The summed E-state index contributed by atoms with van der Waals surface area (Å²) in [5, 5.41) is 13.5. The summed E-state index contributed by atoms with van der Waals surface area (Å²) >= 11 is 0. The number of carbonyl (C=O) groups excluding carboxylic acids is 1. The summed E-state index contributed by atoms with van der Waals surface area (Å²) in [6.07, 6.45) is -5.73. The molecule has 0 aromatic carbocycles. The van der Waals surface area contributed by atoms with E-state index in [1.165, 1.54) is 0 Å². The van der Waals surface area contributed by atoms with Crippen molar-refractivity contribution < 1.29 is 23.1 Å². The summed E-state index contributed by atoms with van der Waals surface area (Å²) in [5.74, 6) is -0.490. The number of amides is 1. The highest BCUT2D eigenvalue weighted by molar-refractivity contribution is 5.85. The number of carbonyl (C=O) groups is 1. The lowest BCUT2D eigenvalue weighted by molar-refractivity contribution is -0.201. The van der Waals surface area contributed by atoms with Crippen molar-refractivity contribution >= 4 is 18.3 Å². The van der Waals surface area contributed by atoms with E-state index in [9.17, 15) is 18.0 Å². The van der Waals surface area contributed by atoms with Crippen LogP contribution in [0.15, 0.2) is 0 Å². The smallest absolute Gasteiger partial charge is 0.382 e. The molecule has 0 aromatic rings. The van der Waals surface area contributed by atoms with Crippen molar-refractivity contribution in [3.8, 4) is 0 Å². The average Bonchev–Trinajstić information content (AvgIpc) is 2.64. The van der Waals surface area contributed by atoms with E-state index in [4.69, 9.17) is 5.11 Å². The Morgan fingerprint density at radius 1 is 1.56 bits per heavy atom. The molecular weight excluding hydrogens is 249 g/mol. The Morgan fingerprint density at radius 2 is 2.19 bits per heavy atom. The molecule has 8 heteroatoms. The lowest BCUT2D eigenvalue weighted by atomic mass is 10.2. The topological polar surface area (TPSA) is 61.4 Å². The lowest BCUT2D eigenvalue weighted by Gasteiger charge is -2.16. The van der Waals surface area contributed by atoms with Crippen molar-refractivity contribution in [2.24, 2.45) is 0 Å². The van der Waals surface area contributed by atoms with Gasteiger partial charge < -0.3 is 15.7 Å². The van der Waals surface area contributed by atoms with Crippen LogP contribution in [0.1, 0.15) is 12.8 Å². The van der Waals surface area contributed by atoms with Crippen molar-refractivity contribution in [1.29, 1.82) is 0 Å². The molecular formula is C8H14ClF3N2O2. The molecule has 1 unspecified atom stereocenters. The molecule has 2 atom stereocenters. The summed E-state index contributed by atoms with van der Waals surface area (Å²) < 4.78 is 35.6. The molecule has 1 aliphatic rings. The van der Waals surface area contributed by atoms with Crippen molar-refractivity contribution in [2.45, 2.75) is 31.2 Å². The fourth-order valence-electron chi connectivity index (χ4n) is 1.34. The first-order chi connectivity index (χ1) is 6.91. The number of hydrogen-bond acceptors (Lipinski definition) is 3. The van der Waals surface area contributed by atoms with Gasteiger partial charge in [0.2, 0.25) is 5.91 Å². The number of alkyl halides is 3. The highest BCUT2D eigenvalue weighted by atomic mass is 35.5. The maximum Gasteiger partial charge on any atom is 0.416 e. The van der Waals surface area contributed by atoms with E-state index in [0.29, 0.717) is 13.0 Å². The van der Waals surface area contributed by atoms with Crippen molar-refractivity contribution in [3.63, 3.8) is 0 Å². The monoisotopic (exact) mass is 262 g/mol. The van der Waals surface area contributed by atoms with Gasteiger partial charge in [0.05, 0.1) is 12.6 Å². The second kappa shape index (κ2) is 6.27. The van der Waals surface area contributed by atoms with Gasteiger partial charge in [0.15, 0.2) is 6.10 Å². The summed E-state index contributed by atoms with van der Waals surface area (Å²) in [6, 6.07) is -0.426. The summed E-state index contributed by atoms with van der Waals surface area (Å²) in [6.45, 7) is -0.0968. The molecule has 1 rings (SSSR count). The molecule has 96 valence electrons. The number of aliphatic hydroxyl groups excluding tert-OH is 1. The molecule has 1 heterocycles. The number of hydrogen-bond donors (Lipinski definition) is 3. The molecule has 0 radical (unpaired) electrons. The fourth-order valence-corrected chi connectivity index (χ4v) is 1.34. The number of rotatable bonds is 3. The van der Waals surface area contributed by atoms with Gasteiger partial charge in [-0.25, -0.2) is 0 Å². The van der Waals surface area contributed by atoms with Gasteiger partial charge >= 0.3 is 6.18 Å². The van der Waals surface area contributed by atoms with Gasteiger partial charge in [-0.3, -0.25) is 4.79 Å². The number of aliphatic hydroxyl groups is 1. The molecule has 1 saturated heterocycles. The maximum absolute atomic E-state index is 11.9. The third-order valence-corrected chi connectivity index (χ3v) is 2.22. The Labute approximate surface area is 97.0 Å². The second-order valence-corrected chi connectivity index (χ2v) is 3.45. The van der Waals surface area contributed by atoms with Gasteiger partial charge in [0.1, 0.15) is 0 Å². The minimum Gasteiger partial charge on any atom is -0.382 e. The summed E-state index contributed by atoms with van der Waals surface area (Å²) in [4.78, 5) is 11.2. The van der Waals surface area contributed by atoms with Gasteiger partial charge in [0, 0.05) is 0 Å². The minimum absolute atomic E-state index is 0. The van der Waals surface area contributed by atoms with Crippen LogP contribution in [0, 0.1) is 0 Å². The van der Waals surface area contributed by atoms with Crippen molar-refractivity contribution in [2.75, 3.05) is 13.1 Å². The molecule has 0 spiro atoms. The zero-order chi connectivity index (χ0) is 11.5. The highest BCUT2D eigenvalue weighted by Crippen LogP contribution is 2.19. The van der Waals surface area contributed by atoms with Crippen LogP contribution in [0.4, 0.5) is 13.2 Å². The molecule has 3 N–H and O–H groups in total. The second-order valence-electron chi connectivity index (χ2n) is 3.45. The zero-order valence-corrected chi connectivity index (χ0v) is 9.20. The van der Waals surface area contributed by atoms with Crippen LogP contribution < -0.4 is 10.6 Å². The molecule has 16 heavy (non-hydrogen) atoms. The average molecular weight is 263 g/mol. The summed E-state index contributed by atoms with van der Waals surface area (Å²) in [7, 11) is 0.